The van der Waals surface area contributed by atoms with Crippen LogP contribution in [0, 0.1) is 10.1 Å². The molecule has 0 atom stereocenters. The SMILES string of the molecule is O=C(NC1CCCCC1)N1CCN(c2ccc([N+](=O)[O-])cc2Cl)CC1. The molecule has 2 fully saturated rings. The summed E-state index contributed by atoms with van der Waals surface area (Å²) in [6, 6.07) is 4.84. The summed E-state index contributed by atoms with van der Waals surface area (Å²) in [6.07, 6.45) is 5.80. The molecule has 1 aliphatic heterocycles. The van der Waals surface area contributed by atoms with Crippen molar-refractivity contribution in [3.8, 4) is 0 Å². The maximum Gasteiger partial charge on any atom is 0.317 e. The normalized spacial score (nSPS) is 18.9. The smallest absolute Gasteiger partial charge is 0.317 e. The second kappa shape index (κ2) is 7.91. The molecule has 0 spiro atoms. The molecule has 0 radical (unpaired) electrons. The summed E-state index contributed by atoms with van der Waals surface area (Å²) in [6.45, 7) is 2.56. The minimum atomic E-state index is -0.455. The van der Waals surface area contributed by atoms with Gasteiger partial charge in [-0.25, -0.2) is 4.79 Å². The van der Waals surface area contributed by atoms with Crippen molar-refractivity contribution in [2.24, 2.45) is 0 Å². The first-order valence-electron chi connectivity index (χ1n) is 8.79. The number of nitro groups is 1. The number of carbonyl (C=O) groups is 1. The Bertz CT molecular complexity index is 641. The van der Waals surface area contributed by atoms with Crippen LogP contribution in [0.15, 0.2) is 18.2 Å². The zero-order valence-electron chi connectivity index (χ0n) is 14.1. The third-order valence-corrected chi connectivity index (χ3v) is 5.29. The Labute approximate surface area is 152 Å². The van der Waals surface area contributed by atoms with Crippen molar-refractivity contribution < 1.29 is 9.72 Å². The van der Waals surface area contributed by atoms with E-state index in [1.165, 1.54) is 31.4 Å². The molecule has 2 amide bonds. The largest absolute Gasteiger partial charge is 0.367 e. The van der Waals surface area contributed by atoms with Crippen molar-refractivity contribution in [2.75, 3.05) is 31.1 Å². The second-order valence-corrected chi connectivity index (χ2v) is 7.06. The van der Waals surface area contributed by atoms with Gasteiger partial charge in [0.15, 0.2) is 0 Å². The molecule has 1 aromatic carbocycles. The number of rotatable bonds is 3. The van der Waals surface area contributed by atoms with Gasteiger partial charge in [0.1, 0.15) is 0 Å². The van der Waals surface area contributed by atoms with Gasteiger partial charge in [-0.05, 0) is 18.9 Å². The highest BCUT2D eigenvalue weighted by Crippen LogP contribution is 2.30. The van der Waals surface area contributed by atoms with Crippen LogP contribution >= 0.6 is 11.6 Å². The van der Waals surface area contributed by atoms with Gasteiger partial charge in [-0.3, -0.25) is 10.1 Å². The van der Waals surface area contributed by atoms with Crippen LogP contribution < -0.4 is 10.2 Å². The molecule has 1 saturated heterocycles. The Balaban J connectivity index is 1.54. The van der Waals surface area contributed by atoms with Gasteiger partial charge in [0, 0.05) is 44.4 Å². The van der Waals surface area contributed by atoms with Gasteiger partial charge in [-0.2, -0.15) is 0 Å². The number of benzene rings is 1. The summed E-state index contributed by atoms with van der Waals surface area (Å²) in [4.78, 5) is 26.6. The van der Waals surface area contributed by atoms with Gasteiger partial charge in [-0.1, -0.05) is 30.9 Å². The lowest BCUT2D eigenvalue weighted by Crippen LogP contribution is -2.53. The Morgan fingerprint density at radius 3 is 2.44 bits per heavy atom. The quantitative estimate of drug-likeness (QED) is 0.656. The lowest BCUT2D eigenvalue weighted by Gasteiger charge is -2.37. The molecule has 7 nitrogen and oxygen atoms in total. The van der Waals surface area contributed by atoms with Crippen LogP contribution in [-0.2, 0) is 0 Å². The van der Waals surface area contributed by atoms with Gasteiger partial charge >= 0.3 is 6.03 Å². The number of urea groups is 1. The van der Waals surface area contributed by atoms with E-state index in [-0.39, 0.29) is 11.7 Å². The highest BCUT2D eigenvalue weighted by Gasteiger charge is 2.25. The molecular formula is C17H23ClN4O3. The number of hydrogen-bond acceptors (Lipinski definition) is 4. The van der Waals surface area contributed by atoms with E-state index in [9.17, 15) is 14.9 Å². The number of nitro benzene ring substituents is 1. The van der Waals surface area contributed by atoms with Crippen LogP contribution in [0.25, 0.3) is 0 Å². The zero-order chi connectivity index (χ0) is 17.8. The summed E-state index contributed by atoms with van der Waals surface area (Å²) in [5.74, 6) is 0. The molecule has 2 aliphatic rings. The summed E-state index contributed by atoms with van der Waals surface area (Å²) in [5.41, 5.74) is 0.763. The van der Waals surface area contributed by atoms with Gasteiger partial charge in [0.05, 0.1) is 15.6 Å². The second-order valence-electron chi connectivity index (χ2n) is 6.65. The number of piperazine rings is 1. The number of non-ortho nitro benzene ring substituents is 1. The maximum absolute atomic E-state index is 12.4. The minimum Gasteiger partial charge on any atom is -0.367 e. The van der Waals surface area contributed by atoms with E-state index in [0.29, 0.717) is 37.2 Å². The van der Waals surface area contributed by atoms with E-state index in [0.717, 1.165) is 18.5 Å². The molecule has 0 aromatic heterocycles. The molecule has 8 heteroatoms. The molecule has 1 N–H and O–H groups in total. The fourth-order valence-electron chi connectivity index (χ4n) is 3.53. The van der Waals surface area contributed by atoms with Gasteiger partial charge in [0.2, 0.25) is 0 Å². The molecule has 136 valence electrons. The number of anilines is 1. The standard InChI is InChI=1S/C17H23ClN4O3/c18-15-12-14(22(24)25)6-7-16(15)20-8-10-21(11-9-20)17(23)19-13-4-2-1-3-5-13/h6-7,12-13H,1-5,8-11H2,(H,19,23). The lowest BCUT2D eigenvalue weighted by atomic mass is 9.96. The van der Waals surface area contributed by atoms with Crippen molar-refractivity contribution in [1.29, 1.82) is 0 Å². The number of nitrogens with zero attached hydrogens (tertiary/aromatic N) is 3. The van der Waals surface area contributed by atoms with Crippen molar-refractivity contribution in [2.45, 2.75) is 38.1 Å². The number of halogens is 1. The molecule has 1 heterocycles. The van der Waals surface area contributed by atoms with Crippen molar-refractivity contribution in [1.82, 2.24) is 10.2 Å². The Hall–Kier alpha value is -2.02. The lowest BCUT2D eigenvalue weighted by molar-refractivity contribution is -0.384. The molecule has 3 rings (SSSR count). The average Bonchev–Trinajstić information content (AvgIpc) is 2.62. The van der Waals surface area contributed by atoms with Gasteiger partial charge in [-0.15, -0.1) is 0 Å². The molecule has 1 aromatic rings. The molecular weight excluding hydrogens is 344 g/mol. The predicted molar refractivity (Wildman–Crippen MR) is 97.3 cm³/mol. The Kier molecular flexibility index (Phi) is 5.63. The third-order valence-electron chi connectivity index (χ3n) is 4.98. The number of nitrogens with one attached hydrogen (secondary N) is 1. The van der Waals surface area contributed by atoms with E-state index in [4.69, 9.17) is 11.6 Å². The highest BCUT2D eigenvalue weighted by molar-refractivity contribution is 6.33. The monoisotopic (exact) mass is 366 g/mol. The van der Waals surface area contributed by atoms with E-state index in [1.54, 1.807) is 6.07 Å². The molecule has 0 bridgehead atoms. The zero-order valence-corrected chi connectivity index (χ0v) is 14.9. The van der Waals surface area contributed by atoms with Crippen LogP contribution in [0.2, 0.25) is 5.02 Å². The fourth-order valence-corrected chi connectivity index (χ4v) is 3.82. The average molecular weight is 367 g/mol. The first-order valence-corrected chi connectivity index (χ1v) is 9.17. The first kappa shape index (κ1) is 17.8. The van der Waals surface area contributed by atoms with E-state index >= 15 is 0 Å². The first-order chi connectivity index (χ1) is 12.0. The van der Waals surface area contributed by atoms with Crippen LogP contribution in [0.1, 0.15) is 32.1 Å². The molecule has 1 aliphatic carbocycles. The van der Waals surface area contributed by atoms with Gasteiger partial charge < -0.3 is 15.1 Å². The molecule has 1 saturated carbocycles. The van der Waals surface area contributed by atoms with Crippen molar-refractivity contribution >= 4 is 29.0 Å². The van der Waals surface area contributed by atoms with Crippen LogP contribution in [0.5, 0.6) is 0 Å². The summed E-state index contributed by atoms with van der Waals surface area (Å²) >= 11 is 6.20. The highest BCUT2D eigenvalue weighted by atomic mass is 35.5. The maximum atomic E-state index is 12.4. The summed E-state index contributed by atoms with van der Waals surface area (Å²) in [5, 5.41) is 14.3. The van der Waals surface area contributed by atoms with Crippen LogP contribution in [0.4, 0.5) is 16.2 Å². The van der Waals surface area contributed by atoms with Crippen LogP contribution in [-0.4, -0.2) is 48.1 Å². The molecule has 25 heavy (non-hydrogen) atoms. The predicted octanol–water partition coefficient (Wildman–Crippen LogP) is 3.41. The topological polar surface area (TPSA) is 78.7 Å². The summed E-state index contributed by atoms with van der Waals surface area (Å²) < 4.78 is 0. The summed E-state index contributed by atoms with van der Waals surface area (Å²) in [7, 11) is 0. The van der Waals surface area contributed by atoms with E-state index in [2.05, 4.69) is 10.2 Å². The number of amides is 2. The molecule has 0 unspecified atom stereocenters. The van der Waals surface area contributed by atoms with E-state index in [1.807, 2.05) is 4.90 Å². The number of carbonyl (C=O) groups excluding carboxylic acids is 1. The van der Waals surface area contributed by atoms with Gasteiger partial charge in [0.25, 0.3) is 5.69 Å². The van der Waals surface area contributed by atoms with Crippen molar-refractivity contribution in [3.05, 3.63) is 33.3 Å². The Morgan fingerprint density at radius 1 is 1.16 bits per heavy atom. The Morgan fingerprint density at radius 2 is 1.84 bits per heavy atom. The van der Waals surface area contributed by atoms with Crippen molar-refractivity contribution in [3.63, 3.8) is 0 Å². The third kappa shape index (κ3) is 4.34. The minimum absolute atomic E-state index is 0.0146. The number of hydrogen-bond donors (Lipinski definition) is 1. The van der Waals surface area contributed by atoms with E-state index < -0.39 is 4.92 Å². The fraction of sp³-hybridized carbons (Fsp3) is 0.588. The van der Waals surface area contributed by atoms with Crippen LogP contribution in [0.3, 0.4) is 0 Å².